The Morgan fingerprint density at radius 2 is 1.92 bits per heavy atom. The molecule has 1 saturated carbocycles. The van der Waals surface area contributed by atoms with Gasteiger partial charge in [-0.25, -0.2) is 0 Å². The van der Waals surface area contributed by atoms with Crippen LogP contribution in [0.1, 0.15) is 64.7 Å². The normalized spacial score (nSPS) is 23.8. The second-order valence-corrected chi connectivity index (χ2v) is 6.70. The Kier molecular flexibility index (Phi) is 10.0. The predicted octanol–water partition coefficient (Wildman–Crippen LogP) is 3.46. The highest BCUT2D eigenvalue weighted by Crippen LogP contribution is 2.33. The molecule has 5 nitrogen and oxygen atoms in total. The van der Waals surface area contributed by atoms with Crippen molar-refractivity contribution in [3.63, 3.8) is 0 Å². The van der Waals surface area contributed by atoms with E-state index < -0.39 is 12.1 Å². The lowest BCUT2D eigenvalue weighted by Gasteiger charge is -2.15. The van der Waals surface area contributed by atoms with Crippen LogP contribution in [0.3, 0.4) is 0 Å². The summed E-state index contributed by atoms with van der Waals surface area (Å²) in [6.45, 7) is 2.08. The Morgan fingerprint density at radius 3 is 2.60 bits per heavy atom. The lowest BCUT2D eigenvalue weighted by atomic mass is 9.90. The van der Waals surface area contributed by atoms with Gasteiger partial charge in [-0.3, -0.25) is 14.4 Å². The number of carboxylic acids is 1. The van der Waals surface area contributed by atoms with Crippen molar-refractivity contribution in [2.75, 3.05) is 0 Å². The molecule has 5 heteroatoms. The Morgan fingerprint density at radius 1 is 1.16 bits per heavy atom. The summed E-state index contributed by atoms with van der Waals surface area (Å²) in [5.41, 5.74) is 0. The van der Waals surface area contributed by atoms with E-state index in [1.165, 1.54) is 6.08 Å². The first-order valence-corrected chi connectivity index (χ1v) is 9.24. The Hall–Kier alpha value is -1.75. The number of rotatable bonds is 12. The summed E-state index contributed by atoms with van der Waals surface area (Å²) in [6, 6.07) is 0. The molecule has 0 aromatic carbocycles. The van der Waals surface area contributed by atoms with Gasteiger partial charge >= 0.3 is 5.97 Å². The minimum Gasteiger partial charge on any atom is -0.481 e. The molecule has 0 aromatic rings. The van der Waals surface area contributed by atoms with Gasteiger partial charge in [0.2, 0.25) is 0 Å². The topological polar surface area (TPSA) is 91.7 Å². The molecule has 3 atom stereocenters. The van der Waals surface area contributed by atoms with Crippen molar-refractivity contribution in [3.05, 3.63) is 24.3 Å². The van der Waals surface area contributed by atoms with Crippen LogP contribution >= 0.6 is 0 Å². The summed E-state index contributed by atoms with van der Waals surface area (Å²) in [7, 11) is 0. The molecule has 2 N–H and O–H groups in total. The lowest BCUT2D eigenvalue weighted by Crippen LogP contribution is -2.18. The van der Waals surface area contributed by atoms with Gasteiger partial charge in [0.05, 0.1) is 6.10 Å². The Bertz CT molecular complexity index is 506. The van der Waals surface area contributed by atoms with Crippen LogP contribution in [-0.4, -0.2) is 33.9 Å². The zero-order valence-electron chi connectivity index (χ0n) is 15.0. The molecule has 1 aliphatic carbocycles. The number of carbonyl (C=O) groups excluding carboxylic acids is 2. The summed E-state index contributed by atoms with van der Waals surface area (Å²) in [5, 5.41) is 18.7. The van der Waals surface area contributed by atoms with E-state index in [1.54, 1.807) is 6.08 Å². The number of hydrogen-bond donors (Lipinski definition) is 2. The van der Waals surface area contributed by atoms with E-state index in [0.29, 0.717) is 25.7 Å². The van der Waals surface area contributed by atoms with Gasteiger partial charge in [0.1, 0.15) is 5.78 Å². The van der Waals surface area contributed by atoms with Gasteiger partial charge in [0.15, 0.2) is 5.78 Å². The van der Waals surface area contributed by atoms with Gasteiger partial charge in [-0.2, -0.15) is 0 Å². The van der Waals surface area contributed by atoms with Crippen LogP contribution in [0.4, 0.5) is 0 Å². The third-order valence-corrected chi connectivity index (χ3v) is 4.58. The van der Waals surface area contributed by atoms with E-state index in [2.05, 4.69) is 6.92 Å². The fourth-order valence-corrected chi connectivity index (χ4v) is 3.11. The minimum atomic E-state index is -0.809. The van der Waals surface area contributed by atoms with Crippen LogP contribution in [0, 0.1) is 11.8 Å². The van der Waals surface area contributed by atoms with E-state index in [4.69, 9.17) is 5.11 Å². The van der Waals surface area contributed by atoms with Crippen LogP contribution in [0.2, 0.25) is 0 Å². The summed E-state index contributed by atoms with van der Waals surface area (Å²) < 4.78 is 0. The van der Waals surface area contributed by atoms with Crippen LogP contribution in [0.25, 0.3) is 0 Å². The second-order valence-electron chi connectivity index (χ2n) is 6.70. The first-order valence-electron chi connectivity index (χ1n) is 9.24. The fourth-order valence-electron chi connectivity index (χ4n) is 3.11. The molecule has 1 fully saturated rings. The summed E-state index contributed by atoms with van der Waals surface area (Å²) in [6.07, 6.45) is 11.8. The molecule has 0 spiro atoms. The average Bonchev–Trinajstić information content (AvgIpc) is 2.82. The zero-order valence-corrected chi connectivity index (χ0v) is 15.0. The standard InChI is InChI=1S/C20H30O5/c1-2-3-6-9-15(21)12-13-17-16(18(22)14-19(17)23)10-7-4-5-8-11-20(24)25/h4,7,12-13,16-17,19,23H,2-3,5-6,8-11,14H2,1H3,(H,24,25). The maximum Gasteiger partial charge on any atom is 0.303 e. The number of hydrogen-bond acceptors (Lipinski definition) is 4. The SMILES string of the molecule is CCCCCC(=O)C=CC1C(O)CC(=O)C1CC=CCCCC(=O)O. The van der Waals surface area contributed by atoms with E-state index in [0.717, 1.165) is 19.3 Å². The van der Waals surface area contributed by atoms with Gasteiger partial charge in [-0.1, -0.05) is 38.0 Å². The molecule has 0 aromatic heterocycles. The van der Waals surface area contributed by atoms with Gasteiger partial charge in [0.25, 0.3) is 0 Å². The summed E-state index contributed by atoms with van der Waals surface area (Å²) in [5.74, 6) is -1.35. The highest BCUT2D eigenvalue weighted by molar-refractivity contribution is 5.90. The molecule has 0 aliphatic heterocycles. The lowest BCUT2D eigenvalue weighted by molar-refractivity contribution is -0.137. The van der Waals surface area contributed by atoms with E-state index in [1.807, 2.05) is 12.2 Å². The molecule has 0 bridgehead atoms. The first kappa shape index (κ1) is 21.3. The minimum absolute atomic E-state index is 0.0239. The largest absolute Gasteiger partial charge is 0.481 e. The number of aliphatic hydroxyl groups excluding tert-OH is 1. The number of allylic oxidation sites excluding steroid dienone is 3. The molecule has 1 rings (SSSR count). The molecule has 1 aliphatic rings. The van der Waals surface area contributed by atoms with Crippen molar-refractivity contribution in [1.29, 1.82) is 0 Å². The smallest absolute Gasteiger partial charge is 0.303 e. The second kappa shape index (κ2) is 11.7. The number of unbranched alkanes of at least 4 members (excludes halogenated alkanes) is 3. The van der Waals surface area contributed by atoms with Crippen LogP contribution in [-0.2, 0) is 14.4 Å². The Balaban J connectivity index is 2.49. The van der Waals surface area contributed by atoms with Crippen molar-refractivity contribution < 1.29 is 24.6 Å². The number of carbonyl (C=O) groups is 3. The molecular formula is C20H30O5. The van der Waals surface area contributed by atoms with E-state index in [-0.39, 0.29) is 36.2 Å². The van der Waals surface area contributed by atoms with Crippen molar-refractivity contribution >= 4 is 17.5 Å². The number of aliphatic hydroxyl groups is 1. The number of Topliss-reactive ketones (excluding diaryl/α,β-unsaturated/α-hetero) is 1. The van der Waals surface area contributed by atoms with Crippen LogP contribution < -0.4 is 0 Å². The summed E-state index contributed by atoms with van der Waals surface area (Å²) >= 11 is 0. The maximum atomic E-state index is 12.1. The first-order chi connectivity index (χ1) is 12.0. The summed E-state index contributed by atoms with van der Waals surface area (Å²) in [4.78, 5) is 34.4. The Labute approximate surface area is 149 Å². The number of aliphatic carboxylic acids is 1. The van der Waals surface area contributed by atoms with Gasteiger partial charge in [-0.15, -0.1) is 0 Å². The van der Waals surface area contributed by atoms with E-state index in [9.17, 15) is 19.5 Å². The van der Waals surface area contributed by atoms with Gasteiger partial charge in [-0.05, 0) is 31.8 Å². The highest BCUT2D eigenvalue weighted by atomic mass is 16.4. The zero-order chi connectivity index (χ0) is 18.7. The molecule has 0 saturated heterocycles. The quantitative estimate of drug-likeness (QED) is 0.319. The fraction of sp³-hybridized carbons (Fsp3) is 0.650. The third kappa shape index (κ3) is 8.25. The van der Waals surface area contributed by atoms with Crippen molar-refractivity contribution in [2.24, 2.45) is 11.8 Å². The molecule has 3 unspecified atom stereocenters. The molecule has 0 radical (unpaired) electrons. The van der Waals surface area contributed by atoms with Crippen LogP contribution in [0.15, 0.2) is 24.3 Å². The van der Waals surface area contributed by atoms with Gasteiger partial charge < -0.3 is 10.2 Å². The molecule has 0 heterocycles. The molecular weight excluding hydrogens is 320 g/mol. The van der Waals surface area contributed by atoms with Crippen molar-refractivity contribution in [2.45, 2.75) is 70.8 Å². The molecule has 140 valence electrons. The average molecular weight is 350 g/mol. The molecule has 0 amide bonds. The van der Waals surface area contributed by atoms with Crippen molar-refractivity contribution in [1.82, 2.24) is 0 Å². The predicted molar refractivity (Wildman–Crippen MR) is 96.1 cm³/mol. The highest BCUT2D eigenvalue weighted by Gasteiger charge is 2.39. The van der Waals surface area contributed by atoms with Gasteiger partial charge in [0, 0.05) is 31.1 Å². The number of carboxylic acid groups (broad SMARTS) is 1. The third-order valence-electron chi connectivity index (χ3n) is 4.58. The monoisotopic (exact) mass is 350 g/mol. The van der Waals surface area contributed by atoms with Crippen molar-refractivity contribution in [3.8, 4) is 0 Å². The van der Waals surface area contributed by atoms with E-state index >= 15 is 0 Å². The number of ketones is 2. The molecule has 25 heavy (non-hydrogen) atoms. The maximum absolute atomic E-state index is 12.1. The van der Waals surface area contributed by atoms with Crippen LogP contribution in [0.5, 0.6) is 0 Å².